The number of halogens is 1. The maximum Gasteiger partial charge on any atom is 0.263 e. The van der Waals surface area contributed by atoms with Gasteiger partial charge < -0.3 is 0 Å². The van der Waals surface area contributed by atoms with Crippen molar-refractivity contribution in [1.29, 1.82) is 0 Å². The number of nitrogens with zero attached hydrogens (tertiary/aromatic N) is 2. The fourth-order valence-corrected chi connectivity index (χ4v) is 3.93. The van der Waals surface area contributed by atoms with Crippen molar-refractivity contribution in [3.63, 3.8) is 0 Å². The van der Waals surface area contributed by atoms with Gasteiger partial charge in [0.2, 0.25) is 0 Å². The average molecular weight is 364 g/mol. The van der Waals surface area contributed by atoms with Crippen molar-refractivity contribution in [2.24, 2.45) is 0 Å². The van der Waals surface area contributed by atoms with Crippen molar-refractivity contribution in [1.82, 2.24) is 9.55 Å². The number of aromatic nitrogens is 2. The van der Waals surface area contributed by atoms with Crippen molar-refractivity contribution < 1.29 is 4.39 Å². The van der Waals surface area contributed by atoms with E-state index in [4.69, 9.17) is 0 Å². The van der Waals surface area contributed by atoms with Gasteiger partial charge in [-0.2, -0.15) is 0 Å². The van der Waals surface area contributed by atoms with E-state index in [-0.39, 0.29) is 17.9 Å². The van der Waals surface area contributed by atoms with Crippen molar-refractivity contribution in [3.05, 3.63) is 87.5 Å². The third kappa shape index (κ3) is 2.95. The van der Waals surface area contributed by atoms with Crippen LogP contribution in [0.3, 0.4) is 0 Å². The fourth-order valence-electron chi connectivity index (χ4n) is 3.02. The zero-order valence-electron chi connectivity index (χ0n) is 14.3. The van der Waals surface area contributed by atoms with Crippen LogP contribution in [-0.2, 0) is 13.0 Å². The summed E-state index contributed by atoms with van der Waals surface area (Å²) >= 11 is 1.45. The number of aryl methyl sites for hydroxylation is 1. The highest BCUT2D eigenvalue weighted by molar-refractivity contribution is 7.17. The molecule has 0 atom stereocenters. The number of hydrogen-bond acceptors (Lipinski definition) is 3. The van der Waals surface area contributed by atoms with E-state index in [1.54, 1.807) is 18.2 Å². The molecule has 0 N–H and O–H groups in total. The summed E-state index contributed by atoms with van der Waals surface area (Å²) in [5.41, 5.74) is 3.46. The quantitative estimate of drug-likeness (QED) is 0.517. The molecule has 0 spiro atoms. The van der Waals surface area contributed by atoms with Gasteiger partial charge in [-0.3, -0.25) is 9.36 Å². The molecule has 4 rings (SSSR count). The van der Waals surface area contributed by atoms with E-state index in [0.717, 1.165) is 17.5 Å². The lowest BCUT2D eigenvalue weighted by atomic mass is 10.0. The molecule has 0 aliphatic carbocycles. The largest absolute Gasteiger partial charge is 0.294 e. The van der Waals surface area contributed by atoms with E-state index in [2.05, 4.69) is 24.0 Å². The molecule has 0 radical (unpaired) electrons. The van der Waals surface area contributed by atoms with Gasteiger partial charge in [-0.05, 0) is 23.6 Å². The van der Waals surface area contributed by atoms with Crippen LogP contribution in [0, 0.1) is 5.82 Å². The highest BCUT2D eigenvalue weighted by Gasteiger charge is 2.14. The molecule has 0 bridgehead atoms. The Balaban J connectivity index is 1.81. The van der Waals surface area contributed by atoms with Crippen LogP contribution in [-0.4, -0.2) is 9.55 Å². The Bertz CT molecular complexity index is 1130. The first kappa shape index (κ1) is 16.7. The topological polar surface area (TPSA) is 34.9 Å². The first-order valence-corrected chi connectivity index (χ1v) is 9.34. The number of benzene rings is 2. The predicted molar refractivity (Wildman–Crippen MR) is 104 cm³/mol. The first-order chi connectivity index (χ1) is 12.7. The zero-order valence-corrected chi connectivity index (χ0v) is 15.1. The Morgan fingerprint density at radius 2 is 1.88 bits per heavy atom. The molecule has 2 heterocycles. The molecular weight excluding hydrogens is 347 g/mol. The summed E-state index contributed by atoms with van der Waals surface area (Å²) in [5.74, 6) is -0.319. The highest BCUT2D eigenvalue weighted by atomic mass is 32.1. The molecule has 0 aliphatic heterocycles. The Morgan fingerprint density at radius 1 is 1.12 bits per heavy atom. The molecule has 0 amide bonds. The van der Waals surface area contributed by atoms with Crippen molar-refractivity contribution >= 4 is 21.6 Å². The molecule has 0 unspecified atom stereocenters. The zero-order chi connectivity index (χ0) is 18.1. The normalized spacial score (nSPS) is 11.2. The molecule has 2 aromatic heterocycles. The van der Waals surface area contributed by atoms with Gasteiger partial charge in [0.25, 0.3) is 5.56 Å². The maximum atomic E-state index is 13.9. The summed E-state index contributed by atoms with van der Waals surface area (Å²) in [6, 6.07) is 14.7. The van der Waals surface area contributed by atoms with Crippen LogP contribution < -0.4 is 5.56 Å². The minimum absolute atomic E-state index is 0.144. The molecule has 0 aliphatic rings. The van der Waals surface area contributed by atoms with Crippen LogP contribution in [0.5, 0.6) is 0 Å². The average Bonchev–Trinajstić information content (AvgIpc) is 3.10. The van der Waals surface area contributed by atoms with Gasteiger partial charge in [0.15, 0.2) is 0 Å². The lowest BCUT2D eigenvalue weighted by Crippen LogP contribution is -2.21. The minimum atomic E-state index is -0.319. The maximum absolute atomic E-state index is 13.9. The second kappa shape index (κ2) is 6.84. The number of fused-ring (bicyclic) bond motifs is 1. The van der Waals surface area contributed by atoms with E-state index in [9.17, 15) is 9.18 Å². The molecule has 0 saturated heterocycles. The molecule has 26 heavy (non-hydrogen) atoms. The van der Waals surface area contributed by atoms with Crippen LogP contribution in [0.1, 0.15) is 18.1 Å². The second-order valence-electron chi connectivity index (χ2n) is 6.15. The van der Waals surface area contributed by atoms with Crippen molar-refractivity contribution in [3.8, 4) is 11.1 Å². The number of thiophene rings is 1. The minimum Gasteiger partial charge on any atom is -0.294 e. The molecule has 3 nitrogen and oxygen atoms in total. The third-order valence-corrected chi connectivity index (χ3v) is 5.42. The van der Waals surface area contributed by atoms with Crippen LogP contribution in [0.4, 0.5) is 4.39 Å². The molecule has 0 fully saturated rings. The SMILES string of the molecule is CCc1ccc(-c2csc3ncn(Cc4ccccc4F)c(=O)c23)cc1. The Morgan fingerprint density at radius 3 is 2.62 bits per heavy atom. The summed E-state index contributed by atoms with van der Waals surface area (Å²) in [6.07, 6.45) is 2.47. The van der Waals surface area contributed by atoms with E-state index >= 15 is 0 Å². The van der Waals surface area contributed by atoms with Gasteiger partial charge >= 0.3 is 0 Å². The lowest BCUT2D eigenvalue weighted by molar-refractivity contribution is 0.595. The molecule has 2 aromatic carbocycles. The third-order valence-electron chi connectivity index (χ3n) is 4.53. The summed E-state index contributed by atoms with van der Waals surface area (Å²) in [5, 5.41) is 2.56. The summed E-state index contributed by atoms with van der Waals surface area (Å²) in [4.78, 5) is 18.1. The Hall–Kier alpha value is -2.79. The smallest absolute Gasteiger partial charge is 0.263 e. The predicted octanol–water partition coefficient (Wildman–Crippen LogP) is 4.87. The van der Waals surface area contributed by atoms with Gasteiger partial charge in [-0.15, -0.1) is 11.3 Å². The second-order valence-corrected chi connectivity index (χ2v) is 7.01. The van der Waals surface area contributed by atoms with E-state index in [1.807, 2.05) is 17.5 Å². The first-order valence-electron chi connectivity index (χ1n) is 8.46. The monoisotopic (exact) mass is 364 g/mol. The van der Waals surface area contributed by atoms with Gasteiger partial charge in [-0.25, -0.2) is 9.37 Å². The molecule has 0 saturated carbocycles. The summed E-state index contributed by atoms with van der Waals surface area (Å²) < 4.78 is 15.4. The van der Waals surface area contributed by atoms with E-state index < -0.39 is 0 Å². The molecule has 5 heteroatoms. The molecule has 130 valence electrons. The number of rotatable bonds is 4. The standard InChI is InChI=1S/C21H17FN2OS/c1-2-14-7-9-15(10-8-14)17-12-26-20-19(17)21(25)24(13-23-20)11-16-5-3-4-6-18(16)22/h3-10,12-13H,2,11H2,1H3. The lowest BCUT2D eigenvalue weighted by Gasteiger charge is -2.07. The Kier molecular flexibility index (Phi) is 4.39. The van der Waals surface area contributed by atoms with Crippen LogP contribution >= 0.6 is 11.3 Å². The van der Waals surface area contributed by atoms with Crippen LogP contribution in [0.25, 0.3) is 21.3 Å². The fraction of sp³-hybridized carbons (Fsp3) is 0.143. The highest BCUT2D eigenvalue weighted by Crippen LogP contribution is 2.30. The van der Waals surface area contributed by atoms with E-state index in [0.29, 0.717) is 15.8 Å². The number of hydrogen-bond donors (Lipinski definition) is 0. The van der Waals surface area contributed by atoms with Gasteiger partial charge in [0, 0.05) is 16.5 Å². The van der Waals surface area contributed by atoms with Crippen LogP contribution in [0.15, 0.2) is 65.0 Å². The van der Waals surface area contributed by atoms with Crippen molar-refractivity contribution in [2.75, 3.05) is 0 Å². The van der Waals surface area contributed by atoms with Gasteiger partial charge in [-0.1, -0.05) is 49.4 Å². The van der Waals surface area contributed by atoms with Crippen LogP contribution in [0.2, 0.25) is 0 Å². The molecule has 4 aromatic rings. The molecular formula is C21H17FN2OS. The Labute approximate surface area is 154 Å². The van der Waals surface area contributed by atoms with Crippen molar-refractivity contribution in [2.45, 2.75) is 19.9 Å². The van der Waals surface area contributed by atoms with Gasteiger partial charge in [0.1, 0.15) is 10.6 Å². The van der Waals surface area contributed by atoms with Gasteiger partial charge in [0.05, 0.1) is 18.3 Å². The van der Waals surface area contributed by atoms with E-state index in [1.165, 1.54) is 33.9 Å². The summed E-state index contributed by atoms with van der Waals surface area (Å²) in [6.45, 7) is 2.28. The summed E-state index contributed by atoms with van der Waals surface area (Å²) in [7, 11) is 0.